The SMILES string of the molecule is CC(C)(C)c1ccnc(N2B3c4ccccc4-c4ccccc4N3c3ccc(Oc4cccc(-n5[c-][n+](-c6c(-c7ccccc7)cccc6-c6ccccc6)c6ccccc65)c4)cc32)c1. The van der Waals surface area contributed by atoms with Crippen LogP contribution in [-0.2, 0) is 5.41 Å². The van der Waals surface area contributed by atoms with E-state index >= 15 is 0 Å². The lowest BCUT2D eigenvalue weighted by atomic mass is 9.59. The maximum atomic E-state index is 6.88. The average Bonchev–Trinajstić information content (AvgIpc) is 3.91. The number of aromatic nitrogens is 3. The first-order valence-electron chi connectivity index (χ1n) is 22.2. The zero-order chi connectivity index (χ0) is 43.6. The molecule has 0 saturated carbocycles. The van der Waals surface area contributed by atoms with E-state index < -0.39 is 0 Å². The van der Waals surface area contributed by atoms with Crippen LogP contribution in [0.15, 0.2) is 212 Å². The van der Waals surface area contributed by atoms with Crippen LogP contribution in [0.25, 0.3) is 55.8 Å². The van der Waals surface area contributed by atoms with E-state index in [1.54, 1.807) is 0 Å². The largest absolute Gasteiger partial charge is 0.458 e. The Balaban J connectivity index is 0.969. The Bertz CT molecular complexity index is 3370. The van der Waals surface area contributed by atoms with Crippen LogP contribution in [0.2, 0.25) is 0 Å². The summed E-state index contributed by atoms with van der Waals surface area (Å²) in [5.41, 5.74) is 16.8. The molecule has 0 bridgehead atoms. The predicted molar refractivity (Wildman–Crippen MR) is 266 cm³/mol. The highest BCUT2D eigenvalue weighted by Crippen LogP contribution is 2.52. The fourth-order valence-electron chi connectivity index (χ4n) is 9.75. The van der Waals surface area contributed by atoms with Crippen molar-refractivity contribution >= 4 is 46.4 Å². The van der Waals surface area contributed by atoms with E-state index in [2.05, 4.69) is 246 Å². The summed E-state index contributed by atoms with van der Waals surface area (Å²) in [5.74, 6) is 2.35. The molecule has 65 heavy (non-hydrogen) atoms. The molecule has 0 fully saturated rings. The molecule has 12 rings (SSSR count). The molecule has 0 atom stereocenters. The van der Waals surface area contributed by atoms with Crippen LogP contribution in [0.4, 0.5) is 22.9 Å². The minimum Gasteiger partial charge on any atom is -0.458 e. The van der Waals surface area contributed by atoms with Gasteiger partial charge in [-0.1, -0.05) is 172 Å². The van der Waals surface area contributed by atoms with Gasteiger partial charge in [0.15, 0.2) is 0 Å². The molecule has 7 heteroatoms. The second-order valence-corrected chi connectivity index (χ2v) is 17.8. The van der Waals surface area contributed by atoms with Gasteiger partial charge in [0.1, 0.15) is 17.3 Å². The highest BCUT2D eigenvalue weighted by Gasteiger charge is 2.48. The molecule has 0 spiro atoms. The summed E-state index contributed by atoms with van der Waals surface area (Å²) >= 11 is 0. The molecule has 0 aliphatic carbocycles. The lowest BCUT2D eigenvalue weighted by Gasteiger charge is -2.36. The number of nitrogens with zero attached hydrogens (tertiary/aromatic N) is 5. The third kappa shape index (κ3) is 6.50. The van der Waals surface area contributed by atoms with Gasteiger partial charge in [-0.3, -0.25) is 9.13 Å². The molecule has 10 aromatic rings. The fourth-order valence-corrected chi connectivity index (χ4v) is 9.75. The highest BCUT2D eigenvalue weighted by molar-refractivity contribution is 6.86. The topological polar surface area (TPSA) is 37.4 Å². The van der Waals surface area contributed by atoms with Crippen molar-refractivity contribution in [1.29, 1.82) is 0 Å². The molecule has 310 valence electrons. The first-order chi connectivity index (χ1) is 31.9. The maximum Gasteiger partial charge on any atom is 0.422 e. The third-order valence-electron chi connectivity index (χ3n) is 12.8. The Kier molecular flexibility index (Phi) is 9.05. The monoisotopic (exact) mass is 837 g/mol. The van der Waals surface area contributed by atoms with Crippen molar-refractivity contribution in [2.75, 3.05) is 9.62 Å². The molecule has 0 saturated heterocycles. The molecular weight excluding hydrogens is 793 g/mol. The zero-order valence-electron chi connectivity index (χ0n) is 36.4. The van der Waals surface area contributed by atoms with Gasteiger partial charge in [0.25, 0.3) is 6.33 Å². The van der Waals surface area contributed by atoms with E-state index in [-0.39, 0.29) is 12.4 Å². The molecule has 2 aromatic heterocycles. The number of imidazole rings is 1. The van der Waals surface area contributed by atoms with Gasteiger partial charge in [0.05, 0.1) is 33.8 Å². The molecular formula is C58H44BN5O. The Labute approximate surface area is 380 Å². The van der Waals surface area contributed by atoms with Crippen molar-refractivity contribution in [1.82, 2.24) is 9.55 Å². The molecule has 0 radical (unpaired) electrons. The number of para-hydroxylation sites is 4. The van der Waals surface area contributed by atoms with E-state index in [9.17, 15) is 0 Å². The first-order valence-corrected chi connectivity index (χ1v) is 22.2. The number of hydrogen-bond donors (Lipinski definition) is 0. The van der Waals surface area contributed by atoms with Crippen LogP contribution in [0.3, 0.4) is 0 Å². The molecule has 2 aliphatic heterocycles. The summed E-state index contributed by atoms with van der Waals surface area (Å²) < 4.78 is 11.2. The van der Waals surface area contributed by atoms with E-state index in [1.165, 1.54) is 27.8 Å². The summed E-state index contributed by atoms with van der Waals surface area (Å²) in [6.07, 6.45) is 5.76. The van der Waals surface area contributed by atoms with Gasteiger partial charge in [-0.05, 0) is 92.8 Å². The number of hydrogen-bond acceptors (Lipinski definition) is 4. The molecule has 4 heterocycles. The lowest BCUT2D eigenvalue weighted by Crippen LogP contribution is -2.55. The standard InChI is InChI=1S/C58H44BN5O/c1-58(2,3)42-34-35-60-56(36-42)64-55-38-45(32-33-54(55)63-51-29-13-11-25-49(51)48-24-10-12-28-50(48)59(63)64)65-44-23-16-22-43(37-44)61-39-62(53-31-15-14-30-52(53)61)57-46(40-18-6-4-7-19-40)26-17-27-47(57)41-20-8-5-9-21-41/h4-38H,1-3H3. The van der Waals surface area contributed by atoms with Crippen LogP contribution < -0.4 is 24.4 Å². The summed E-state index contributed by atoms with van der Waals surface area (Å²) in [6, 6.07) is 72.9. The summed E-state index contributed by atoms with van der Waals surface area (Å²) in [7, 11) is 0. The number of benzene rings is 8. The summed E-state index contributed by atoms with van der Waals surface area (Å²) in [5, 5.41) is 0. The Morgan fingerprint density at radius 3 is 1.94 bits per heavy atom. The Morgan fingerprint density at radius 2 is 1.17 bits per heavy atom. The van der Waals surface area contributed by atoms with Gasteiger partial charge < -0.3 is 14.4 Å². The summed E-state index contributed by atoms with van der Waals surface area (Å²) in [6.45, 7) is 6.61. The van der Waals surface area contributed by atoms with Gasteiger partial charge in [0.2, 0.25) is 0 Å². The fraction of sp³-hybridized carbons (Fsp3) is 0.0690. The van der Waals surface area contributed by atoms with E-state index in [4.69, 9.17) is 9.72 Å². The zero-order valence-corrected chi connectivity index (χ0v) is 36.4. The lowest BCUT2D eigenvalue weighted by molar-refractivity contribution is -0.571. The van der Waals surface area contributed by atoms with Gasteiger partial charge >= 0.3 is 6.98 Å². The van der Waals surface area contributed by atoms with Crippen molar-refractivity contribution in [3.63, 3.8) is 0 Å². The van der Waals surface area contributed by atoms with Crippen molar-refractivity contribution < 1.29 is 9.30 Å². The number of rotatable bonds is 7. The van der Waals surface area contributed by atoms with Gasteiger partial charge in [-0.2, -0.15) is 0 Å². The van der Waals surface area contributed by atoms with Crippen LogP contribution >= 0.6 is 0 Å². The smallest absolute Gasteiger partial charge is 0.422 e. The van der Waals surface area contributed by atoms with Crippen molar-refractivity contribution in [3.05, 3.63) is 224 Å². The number of fused-ring (bicyclic) bond motifs is 9. The minimum absolute atomic E-state index is 0.0514. The number of anilines is 4. The minimum atomic E-state index is -0.143. The highest BCUT2D eigenvalue weighted by atomic mass is 16.5. The quantitative estimate of drug-likeness (QED) is 0.0910. The van der Waals surface area contributed by atoms with Crippen LogP contribution in [-0.4, -0.2) is 16.5 Å². The van der Waals surface area contributed by atoms with Crippen LogP contribution in [0.1, 0.15) is 26.3 Å². The van der Waals surface area contributed by atoms with Crippen molar-refractivity contribution in [3.8, 4) is 56.3 Å². The molecule has 0 amide bonds. The molecule has 2 aliphatic rings. The Morgan fingerprint density at radius 1 is 0.523 bits per heavy atom. The second kappa shape index (κ2) is 15.3. The molecule has 0 N–H and O–H groups in total. The van der Waals surface area contributed by atoms with E-state index in [0.717, 1.165) is 73.4 Å². The van der Waals surface area contributed by atoms with Crippen LogP contribution in [0, 0.1) is 6.33 Å². The van der Waals surface area contributed by atoms with Crippen molar-refractivity contribution in [2.45, 2.75) is 26.2 Å². The van der Waals surface area contributed by atoms with Crippen molar-refractivity contribution in [2.24, 2.45) is 0 Å². The first kappa shape index (κ1) is 38.5. The molecule has 8 aromatic carbocycles. The van der Waals surface area contributed by atoms with Gasteiger partial charge in [0, 0.05) is 23.5 Å². The average molecular weight is 838 g/mol. The predicted octanol–water partition coefficient (Wildman–Crippen LogP) is 13.2. The number of pyridine rings is 1. The molecule has 0 unspecified atom stereocenters. The van der Waals surface area contributed by atoms with E-state index in [1.807, 2.05) is 12.3 Å². The maximum absolute atomic E-state index is 6.88. The normalized spacial score (nSPS) is 12.8. The van der Waals surface area contributed by atoms with Crippen LogP contribution in [0.5, 0.6) is 11.5 Å². The van der Waals surface area contributed by atoms with Gasteiger partial charge in [-0.15, -0.1) is 0 Å². The third-order valence-corrected chi connectivity index (χ3v) is 12.8. The second-order valence-electron chi connectivity index (χ2n) is 17.8. The molecule has 6 nitrogen and oxygen atoms in total. The Hall–Kier alpha value is -8.16. The van der Waals surface area contributed by atoms with E-state index in [0.29, 0.717) is 0 Å². The van der Waals surface area contributed by atoms with Gasteiger partial charge in [-0.25, -0.2) is 4.98 Å². The summed E-state index contributed by atoms with van der Waals surface area (Å²) in [4.78, 5) is 9.91. The number of ether oxygens (including phenoxy) is 1.